The lowest BCUT2D eigenvalue weighted by Crippen LogP contribution is -2.40. The number of phenolic OH excluding ortho intramolecular Hbond substituents is 1. The molecule has 1 fully saturated rings. The third-order valence-corrected chi connectivity index (χ3v) is 6.17. The number of benzene rings is 3. The van der Waals surface area contributed by atoms with Gasteiger partial charge in [-0.15, -0.1) is 0 Å². The number of aromatic hydroxyl groups is 1. The second-order valence-electron chi connectivity index (χ2n) is 8.37. The molecule has 0 radical (unpaired) electrons. The molecule has 0 atom stereocenters. The van der Waals surface area contributed by atoms with Crippen molar-refractivity contribution in [1.82, 2.24) is 4.98 Å². The zero-order valence-electron chi connectivity index (χ0n) is 17.7. The van der Waals surface area contributed by atoms with Gasteiger partial charge in [0.15, 0.2) is 11.6 Å². The fourth-order valence-corrected chi connectivity index (χ4v) is 4.48. The quantitative estimate of drug-likeness (QED) is 0.426. The molecule has 1 aliphatic rings. The van der Waals surface area contributed by atoms with Crippen LogP contribution >= 0.6 is 0 Å². The van der Waals surface area contributed by atoms with Crippen LogP contribution in [0.25, 0.3) is 33.2 Å². The molecule has 33 heavy (non-hydrogen) atoms. The van der Waals surface area contributed by atoms with E-state index in [9.17, 15) is 18.3 Å². The molecule has 4 nitrogen and oxygen atoms in total. The van der Waals surface area contributed by atoms with Crippen LogP contribution in [-0.2, 0) is 0 Å². The molecule has 0 aliphatic carbocycles. The molecule has 3 N–H and O–H groups in total. The Balaban J connectivity index is 1.76. The number of rotatable bonds is 3. The van der Waals surface area contributed by atoms with E-state index in [0.717, 1.165) is 30.0 Å². The molecule has 4 aromatic rings. The standard InChI is InChI=1S/C26H22F3N3O/c27-17-10-16(11-18(28)13-17)22-14-31-24-5-4-15(20-2-1-3-23(29)26(20)33)12-21(24)25(22)32-8-6-19(30)7-9-32/h1-5,10-14,19,33H,6-9,30H2. The average molecular weight is 449 g/mol. The highest BCUT2D eigenvalue weighted by molar-refractivity contribution is 6.02. The van der Waals surface area contributed by atoms with Gasteiger partial charge in [-0.1, -0.05) is 18.2 Å². The van der Waals surface area contributed by atoms with Crippen molar-refractivity contribution in [2.24, 2.45) is 5.73 Å². The zero-order chi connectivity index (χ0) is 23.1. The van der Waals surface area contributed by atoms with E-state index >= 15 is 0 Å². The van der Waals surface area contributed by atoms with Gasteiger partial charge in [-0.25, -0.2) is 13.2 Å². The molecule has 1 aliphatic heterocycles. The molecule has 3 aromatic carbocycles. The van der Waals surface area contributed by atoms with Crippen LogP contribution in [0.2, 0.25) is 0 Å². The Morgan fingerprint density at radius 3 is 2.33 bits per heavy atom. The monoisotopic (exact) mass is 449 g/mol. The molecule has 0 saturated carbocycles. The molecular formula is C26H22F3N3O. The van der Waals surface area contributed by atoms with Crippen molar-refractivity contribution in [3.63, 3.8) is 0 Å². The first-order valence-electron chi connectivity index (χ1n) is 10.8. The van der Waals surface area contributed by atoms with Crippen LogP contribution in [0.1, 0.15) is 12.8 Å². The first kappa shape index (κ1) is 21.3. The van der Waals surface area contributed by atoms with Gasteiger partial charge in [0.05, 0.1) is 11.2 Å². The van der Waals surface area contributed by atoms with E-state index in [1.165, 1.54) is 24.3 Å². The number of piperidine rings is 1. The van der Waals surface area contributed by atoms with Crippen LogP contribution in [0.4, 0.5) is 18.9 Å². The van der Waals surface area contributed by atoms with Crippen molar-refractivity contribution in [2.75, 3.05) is 18.0 Å². The Kier molecular flexibility index (Phi) is 5.42. The summed E-state index contributed by atoms with van der Waals surface area (Å²) in [7, 11) is 0. The van der Waals surface area contributed by atoms with E-state index in [1.54, 1.807) is 24.4 Å². The SMILES string of the molecule is NC1CCN(c2c(-c3cc(F)cc(F)c3)cnc3ccc(-c4cccc(F)c4O)cc23)CC1. The second kappa shape index (κ2) is 8.41. The highest BCUT2D eigenvalue weighted by Crippen LogP contribution is 2.41. The number of phenols is 1. The Labute approximate surface area is 189 Å². The Morgan fingerprint density at radius 1 is 0.879 bits per heavy atom. The summed E-state index contributed by atoms with van der Waals surface area (Å²) in [5.74, 6) is -2.48. The van der Waals surface area contributed by atoms with Gasteiger partial charge >= 0.3 is 0 Å². The molecule has 7 heteroatoms. The summed E-state index contributed by atoms with van der Waals surface area (Å²) in [5.41, 5.74) is 9.51. The van der Waals surface area contributed by atoms with Gasteiger partial charge in [0.1, 0.15) is 11.6 Å². The number of nitrogens with two attached hydrogens (primary N) is 1. The molecule has 168 valence electrons. The van der Waals surface area contributed by atoms with E-state index in [2.05, 4.69) is 9.88 Å². The van der Waals surface area contributed by atoms with Crippen molar-refractivity contribution >= 4 is 16.6 Å². The van der Waals surface area contributed by atoms with Crippen molar-refractivity contribution in [3.8, 4) is 28.0 Å². The van der Waals surface area contributed by atoms with Crippen LogP contribution in [0.3, 0.4) is 0 Å². The summed E-state index contributed by atoms with van der Waals surface area (Å²) in [4.78, 5) is 6.68. The topological polar surface area (TPSA) is 62.4 Å². The lowest BCUT2D eigenvalue weighted by molar-refractivity contribution is 0.434. The number of hydrogen-bond acceptors (Lipinski definition) is 4. The van der Waals surface area contributed by atoms with E-state index in [1.807, 2.05) is 6.07 Å². The minimum Gasteiger partial charge on any atom is -0.504 e. The number of fused-ring (bicyclic) bond motifs is 1. The molecule has 0 bridgehead atoms. The molecule has 1 aromatic heterocycles. The van der Waals surface area contributed by atoms with Crippen molar-refractivity contribution in [1.29, 1.82) is 0 Å². The number of para-hydroxylation sites is 1. The Bertz CT molecular complexity index is 1330. The predicted molar refractivity (Wildman–Crippen MR) is 124 cm³/mol. The summed E-state index contributed by atoms with van der Waals surface area (Å²) >= 11 is 0. The molecule has 5 rings (SSSR count). The minimum atomic E-state index is -0.708. The number of aromatic nitrogens is 1. The van der Waals surface area contributed by atoms with Crippen LogP contribution in [0, 0.1) is 17.5 Å². The predicted octanol–water partition coefficient (Wildman–Crippen LogP) is 5.62. The first-order valence-corrected chi connectivity index (χ1v) is 10.8. The number of halogens is 3. The van der Waals surface area contributed by atoms with Gasteiger partial charge in [-0.05, 0) is 54.3 Å². The van der Waals surface area contributed by atoms with Crippen molar-refractivity contribution < 1.29 is 18.3 Å². The lowest BCUT2D eigenvalue weighted by atomic mass is 9.96. The zero-order valence-corrected chi connectivity index (χ0v) is 17.7. The fourth-order valence-electron chi connectivity index (χ4n) is 4.48. The Hall–Kier alpha value is -3.58. The van der Waals surface area contributed by atoms with Gasteiger partial charge < -0.3 is 15.7 Å². The van der Waals surface area contributed by atoms with Gasteiger partial charge in [0, 0.05) is 47.9 Å². The van der Waals surface area contributed by atoms with Crippen molar-refractivity contribution in [2.45, 2.75) is 18.9 Å². The summed E-state index contributed by atoms with van der Waals surface area (Å²) < 4.78 is 42.1. The third-order valence-electron chi connectivity index (χ3n) is 6.17. The number of nitrogens with zero attached hydrogens (tertiary/aromatic N) is 2. The summed E-state index contributed by atoms with van der Waals surface area (Å²) in [5, 5.41) is 11.0. The van der Waals surface area contributed by atoms with Crippen LogP contribution < -0.4 is 10.6 Å². The largest absolute Gasteiger partial charge is 0.504 e. The molecule has 1 saturated heterocycles. The number of pyridine rings is 1. The van der Waals surface area contributed by atoms with Gasteiger partial charge in [-0.3, -0.25) is 4.98 Å². The third kappa shape index (κ3) is 4.00. The highest BCUT2D eigenvalue weighted by Gasteiger charge is 2.23. The smallest absolute Gasteiger partial charge is 0.165 e. The molecular weight excluding hydrogens is 427 g/mol. The van der Waals surface area contributed by atoms with Crippen LogP contribution in [0.5, 0.6) is 5.75 Å². The van der Waals surface area contributed by atoms with Crippen molar-refractivity contribution in [3.05, 3.63) is 78.2 Å². The number of hydrogen-bond donors (Lipinski definition) is 2. The minimum absolute atomic E-state index is 0.101. The molecule has 0 amide bonds. The average Bonchev–Trinajstić information content (AvgIpc) is 2.80. The van der Waals surface area contributed by atoms with E-state index in [-0.39, 0.29) is 6.04 Å². The molecule has 0 spiro atoms. The maximum absolute atomic E-state index is 14.1. The summed E-state index contributed by atoms with van der Waals surface area (Å²) in [6.07, 6.45) is 3.19. The highest BCUT2D eigenvalue weighted by atomic mass is 19.1. The molecule has 2 heterocycles. The van der Waals surface area contributed by atoms with E-state index in [4.69, 9.17) is 5.73 Å². The normalized spacial score (nSPS) is 14.7. The Morgan fingerprint density at radius 2 is 1.61 bits per heavy atom. The van der Waals surface area contributed by atoms with E-state index < -0.39 is 23.2 Å². The fraction of sp³-hybridized carbons (Fsp3) is 0.192. The first-order chi connectivity index (χ1) is 15.9. The second-order valence-corrected chi connectivity index (χ2v) is 8.37. The van der Waals surface area contributed by atoms with Crippen LogP contribution in [0.15, 0.2) is 60.8 Å². The number of anilines is 1. The lowest BCUT2D eigenvalue weighted by Gasteiger charge is -2.34. The van der Waals surface area contributed by atoms with E-state index in [0.29, 0.717) is 40.9 Å². The molecule has 0 unspecified atom stereocenters. The maximum atomic E-state index is 14.1. The summed E-state index contributed by atoms with van der Waals surface area (Å²) in [6, 6.07) is 13.3. The van der Waals surface area contributed by atoms with Gasteiger partial charge in [0.25, 0.3) is 0 Å². The van der Waals surface area contributed by atoms with Gasteiger partial charge in [-0.2, -0.15) is 0 Å². The maximum Gasteiger partial charge on any atom is 0.165 e. The van der Waals surface area contributed by atoms with Crippen LogP contribution in [-0.4, -0.2) is 29.2 Å². The van der Waals surface area contributed by atoms with Gasteiger partial charge in [0.2, 0.25) is 0 Å². The summed E-state index contributed by atoms with van der Waals surface area (Å²) in [6.45, 7) is 1.36.